The van der Waals surface area contributed by atoms with Crippen LogP contribution in [-0.4, -0.2) is 189 Å². The van der Waals surface area contributed by atoms with E-state index in [1.807, 2.05) is 30.5 Å². The summed E-state index contributed by atoms with van der Waals surface area (Å²) in [6.45, 7) is 13.7. The smallest absolute Gasteiger partial charge is 0.407 e. The first-order chi connectivity index (χ1) is 41.3. The molecule has 0 aliphatic rings. The van der Waals surface area contributed by atoms with E-state index in [0.717, 1.165) is 59.5 Å². The van der Waals surface area contributed by atoms with Gasteiger partial charge in [0.2, 0.25) is 23.7 Å². The maximum atomic E-state index is 13.6. The minimum absolute atomic E-state index is 0.000532. The maximum Gasteiger partial charge on any atom is 0.407 e. The second-order valence-corrected chi connectivity index (χ2v) is 19.7. The van der Waals surface area contributed by atoms with Gasteiger partial charge in [-0.2, -0.15) is 4.98 Å². The number of hydrogen-bond donors (Lipinski definition) is 9. The number of nitrogens with zero attached hydrogens (tertiary/aromatic N) is 3. The Balaban J connectivity index is 1.04. The van der Waals surface area contributed by atoms with Gasteiger partial charge in [-0.05, 0) is 60.6 Å². The molecule has 0 saturated carbocycles. The molecule has 474 valence electrons. The van der Waals surface area contributed by atoms with Gasteiger partial charge in [-0.15, -0.1) is 0 Å². The molecule has 2 atom stereocenters. The van der Waals surface area contributed by atoms with E-state index in [9.17, 15) is 24.0 Å². The van der Waals surface area contributed by atoms with Crippen molar-refractivity contribution in [2.45, 2.75) is 91.1 Å². The van der Waals surface area contributed by atoms with Crippen LogP contribution in [0.2, 0.25) is 0 Å². The first-order valence-electron chi connectivity index (χ1n) is 29.1. The summed E-state index contributed by atoms with van der Waals surface area (Å²) >= 11 is 0. The molecule has 2 heterocycles. The fraction of sp³-hybridized carbons (Fsp3) is 0.603. The lowest BCUT2D eigenvalue weighted by Crippen LogP contribution is -2.54. The number of ether oxygens (including phenoxy) is 10. The van der Waals surface area contributed by atoms with Gasteiger partial charge in [-0.25, -0.2) is 14.6 Å². The Labute approximate surface area is 498 Å². The number of nitrogen functional groups attached to an aromatic ring is 1. The summed E-state index contributed by atoms with van der Waals surface area (Å²) in [5.41, 5.74) is 21.3. The third-order valence-electron chi connectivity index (χ3n) is 12.6. The Hall–Kier alpha value is -6.95. The Morgan fingerprint density at radius 1 is 0.647 bits per heavy atom. The van der Waals surface area contributed by atoms with Crippen LogP contribution < -0.4 is 53.8 Å². The van der Waals surface area contributed by atoms with Gasteiger partial charge in [-0.3, -0.25) is 14.4 Å². The van der Waals surface area contributed by atoms with Crippen molar-refractivity contribution in [2.24, 2.45) is 17.4 Å². The van der Waals surface area contributed by atoms with E-state index in [4.69, 9.17) is 64.6 Å². The van der Waals surface area contributed by atoms with Gasteiger partial charge in [0, 0.05) is 50.0 Å². The number of carbonyl (C=O) groups excluding carboxylic acids is 5. The number of benzene rings is 2. The number of carbonyl (C=O) groups is 5. The zero-order valence-corrected chi connectivity index (χ0v) is 49.9. The topological polar surface area (TPSA) is 359 Å². The largest absolute Gasteiger partial charge is 0.496 e. The molecular weight excluding hydrogens is 1100 g/mol. The van der Waals surface area contributed by atoms with Crippen molar-refractivity contribution in [2.75, 3.05) is 149 Å². The van der Waals surface area contributed by atoms with Crippen LogP contribution in [0.3, 0.4) is 0 Å². The molecule has 6 amide bonds. The molecule has 85 heavy (non-hydrogen) atoms. The minimum atomic E-state index is -1.03. The number of hydrogen-bond acceptors (Lipinski definition) is 20. The molecule has 0 fully saturated rings. The van der Waals surface area contributed by atoms with Crippen LogP contribution in [-0.2, 0) is 76.8 Å². The van der Waals surface area contributed by atoms with Crippen molar-refractivity contribution in [1.29, 1.82) is 0 Å². The number of unbranched alkanes of at least 4 members (excludes halogenated alkanes) is 2. The normalized spacial score (nSPS) is 12.0. The molecule has 4 aromatic rings. The number of rotatable bonds is 48. The van der Waals surface area contributed by atoms with Crippen LogP contribution in [0.15, 0.2) is 54.7 Å². The average Bonchev–Trinajstić information content (AvgIpc) is 2.76. The van der Waals surface area contributed by atoms with Crippen molar-refractivity contribution in [3.05, 3.63) is 71.4 Å². The maximum absolute atomic E-state index is 13.6. The molecule has 0 aliphatic carbocycles. The number of nitrogens with one attached hydrogen (secondary N) is 6. The highest BCUT2D eigenvalue weighted by Crippen LogP contribution is 2.27. The highest BCUT2D eigenvalue weighted by atomic mass is 16.6. The summed E-state index contributed by atoms with van der Waals surface area (Å²) in [5.74, 6) is -0.101. The first-order valence-corrected chi connectivity index (χ1v) is 29.1. The summed E-state index contributed by atoms with van der Waals surface area (Å²) in [6.07, 6.45) is 5.11. The molecule has 2 aromatic heterocycles. The molecule has 12 N–H and O–H groups in total. The van der Waals surface area contributed by atoms with E-state index in [-0.39, 0.29) is 64.2 Å². The van der Waals surface area contributed by atoms with Crippen molar-refractivity contribution in [3.63, 3.8) is 0 Å². The number of nitrogens with two attached hydrogens (primary N) is 3. The summed E-state index contributed by atoms with van der Waals surface area (Å²) in [6, 6.07) is 11.9. The van der Waals surface area contributed by atoms with Crippen LogP contribution in [0, 0.1) is 5.92 Å². The molecule has 4 rings (SSSR count). The predicted octanol–water partition coefficient (Wildman–Crippen LogP) is 3.59. The molecular formula is C58H92N12O15. The second kappa shape index (κ2) is 42.8. The van der Waals surface area contributed by atoms with Crippen molar-refractivity contribution in [3.8, 4) is 5.75 Å². The molecule has 0 saturated heterocycles. The Morgan fingerprint density at radius 2 is 1.27 bits per heavy atom. The van der Waals surface area contributed by atoms with E-state index < -0.39 is 41.9 Å². The van der Waals surface area contributed by atoms with Gasteiger partial charge in [-0.1, -0.05) is 57.9 Å². The fourth-order valence-electron chi connectivity index (χ4n) is 8.18. The average molecular weight is 1200 g/mol. The third-order valence-corrected chi connectivity index (χ3v) is 12.6. The summed E-state index contributed by atoms with van der Waals surface area (Å²) in [7, 11) is 1.66. The van der Waals surface area contributed by atoms with E-state index in [1.165, 1.54) is 0 Å². The summed E-state index contributed by atoms with van der Waals surface area (Å²) in [4.78, 5) is 72.5. The highest BCUT2D eigenvalue weighted by molar-refractivity contribution is 5.98. The minimum Gasteiger partial charge on any atom is -0.496 e. The number of amides is 6. The SMILES string of the molecule is CCCCCNc1nc(N)nc2ccn(Cc3ccc(COCCOCCOCCOCCNC(=O)OCc4ccc(NC(=O)[C@H](CCCNC(N)=O)NC(=O)[C@@H](NC(=O)CCOCCOCCOCCOCCN)C(C)C)cc4)cc3OC)c12. The summed E-state index contributed by atoms with van der Waals surface area (Å²) < 4.78 is 57.4. The number of urea groups is 1. The molecule has 27 heteroatoms. The van der Waals surface area contributed by atoms with Crippen LogP contribution in [0.1, 0.15) is 76.0 Å². The standard InChI is InChI=1S/C58H92N12O15/c1-5-6-7-19-62-53-52-47(67-56(60)69-53)16-22-70(52)39-45-13-10-44(38-49(45)76-4)40-84-37-36-83-35-34-82-31-28-79-25-21-64-58(75)85-41-43-11-14-46(15-12-43)65-54(72)48(9-8-20-63-57(61)74)66-55(73)51(42(2)3)68-50(71)17-23-77-26-29-80-32-33-81-30-27-78-24-18-59/h10-16,22,38,42,48,51H,5-9,17-21,23-37,39-41,59H2,1-4H3,(H,64,75)(H,65,72)(H,66,73)(H,68,71)(H3,61,63,74)(H3,60,62,67,69)/t48-,51-/m0/s1. The molecule has 0 aliphatic heterocycles. The Kier molecular flexibility index (Phi) is 35.5. The van der Waals surface area contributed by atoms with Crippen molar-refractivity contribution in [1.82, 2.24) is 35.8 Å². The van der Waals surface area contributed by atoms with Gasteiger partial charge in [0.25, 0.3) is 0 Å². The van der Waals surface area contributed by atoms with Crippen LogP contribution in [0.5, 0.6) is 5.75 Å². The molecule has 27 nitrogen and oxygen atoms in total. The van der Waals surface area contributed by atoms with E-state index in [2.05, 4.69) is 53.4 Å². The number of methoxy groups -OCH3 is 1. The lowest BCUT2D eigenvalue weighted by molar-refractivity contribution is -0.132. The van der Waals surface area contributed by atoms with E-state index in [1.54, 1.807) is 45.2 Å². The Bertz CT molecular complexity index is 2540. The lowest BCUT2D eigenvalue weighted by atomic mass is 10.0. The van der Waals surface area contributed by atoms with Gasteiger partial charge in [0.05, 0.1) is 125 Å². The number of anilines is 3. The predicted molar refractivity (Wildman–Crippen MR) is 320 cm³/mol. The Morgan fingerprint density at radius 3 is 1.89 bits per heavy atom. The van der Waals surface area contributed by atoms with E-state index >= 15 is 0 Å². The molecule has 0 radical (unpaired) electrons. The van der Waals surface area contributed by atoms with Gasteiger partial charge in [0.1, 0.15) is 30.0 Å². The number of aromatic nitrogens is 3. The van der Waals surface area contributed by atoms with E-state index in [0.29, 0.717) is 117 Å². The third kappa shape index (κ3) is 29.6. The highest BCUT2D eigenvalue weighted by Gasteiger charge is 2.29. The van der Waals surface area contributed by atoms with Gasteiger partial charge >= 0.3 is 12.1 Å². The zero-order chi connectivity index (χ0) is 61.3. The van der Waals surface area contributed by atoms with Gasteiger partial charge in [0.15, 0.2) is 5.82 Å². The molecule has 0 bridgehead atoms. The van der Waals surface area contributed by atoms with Crippen molar-refractivity contribution < 1.29 is 71.3 Å². The van der Waals surface area contributed by atoms with Gasteiger partial charge < -0.3 is 101 Å². The molecule has 2 aromatic carbocycles. The molecule has 0 unspecified atom stereocenters. The van der Waals surface area contributed by atoms with Crippen LogP contribution in [0.25, 0.3) is 11.0 Å². The number of fused-ring (bicyclic) bond motifs is 1. The zero-order valence-electron chi connectivity index (χ0n) is 49.9. The first kappa shape index (κ1) is 70.5. The van der Waals surface area contributed by atoms with Crippen molar-refractivity contribution >= 4 is 58.3 Å². The molecule has 0 spiro atoms. The van der Waals surface area contributed by atoms with Crippen LogP contribution >= 0.6 is 0 Å². The lowest BCUT2D eigenvalue weighted by Gasteiger charge is -2.25. The fourth-order valence-corrected chi connectivity index (χ4v) is 8.18. The number of alkyl carbamates (subject to hydrolysis) is 1. The summed E-state index contributed by atoms with van der Waals surface area (Å²) in [5, 5.41) is 16.9. The quantitative estimate of drug-likeness (QED) is 0.0285. The second-order valence-electron chi connectivity index (χ2n) is 19.7. The van der Waals surface area contributed by atoms with Crippen LogP contribution in [0.4, 0.5) is 27.0 Å². The number of primary amides is 1. The monoisotopic (exact) mass is 1200 g/mol.